The molecule has 4 nitrogen and oxygen atoms in total. The van der Waals surface area contributed by atoms with E-state index in [1.807, 2.05) is 0 Å². The number of nitrogens with two attached hydrogens (primary N) is 1. The quantitative estimate of drug-likeness (QED) is 0.422. The zero-order valence-electron chi connectivity index (χ0n) is 10.4. The van der Waals surface area contributed by atoms with E-state index in [0.29, 0.717) is 0 Å². The third-order valence-electron chi connectivity index (χ3n) is 2.49. The molecule has 0 heterocycles. The molecule has 3 N–H and O–H groups in total. The first-order chi connectivity index (χ1) is 7.60. The highest BCUT2D eigenvalue weighted by Gasteiger charge is 2.35. The molecule has 0 aromatic heterocycles. The van der Waals surface area contributed by atoms with E-state index in [0.717, 1.165) is 12.4 Å². The number of rotatable bonds is 6. The van der Waals surface area contributed by atoms with Crippen LogP contribution in [0.15, 0.2) is 16.7 Å². The molecule has 0 aliphatic heterocycles. The van der Waals surface area contributed by atoms with Gasteiger partial charge < -0.3 is 15.5 Å². The molecule has 0 saturated carbocycles. The molecule has 97 valence electrons. The van der Waals surface area contributed by atoms with Crippen LogP contribution in [0, 0.1) is 0 Å². The van der Waals surface area contributed by atoms with Crippen molar-refractivity contribution < 1.29 is 18.5 Å². The highest BCUT2D eigenvalue weighted by atomic mass is 19.3. The Hall–Kier alpha value is -0.945. The molecule has 0 aromatic rings. The molecule has 0 aromatic carbocycles. The average molecular weight is 247 g/mol. The SMILES string of the molecule is CC(C)(O)C(C)(C)O[B]C(=C/N)/C=N/C(F)F. The Labute approximate surface area is 101 Å². The molecule has 7 heteroatoms. The van der Waals surface area contributed by atoms with E-state index in [1.165, 1.54) is 7.48 Å². The van der Waals surface area contributed by atoms with Crippen LogP contribution in [0.3, 0.4) is 0 Å². The van der Waals surface area contributed by atoms with Crippen LogP contribution >= 0.6 is 0 Å². The van der Waals surface area contributed by atoms with Gasteiger partial charge in [0.25, 0.3) is 0 Å². The van der Waals surface area contributed by atoms with Gasteiger partial charge >= 0.3 is 14.0 Å². The smallest absolute Gasteiger partial charge is 0.333 e. The Bertz CT molecular complexity index is 299. The third kappa shape index (κ3) is 5.79. The molecule has 0 saturated heterocycles. The Morgan fingerprint density at radius 2 is 1.94 bits per heavy atom. The van der Waals surface area contributed by atoms with Gasteiger partial charge in [-0.1, -0.05) is 0 Å². The van der Waals surface area contributed by atoms with Gasteiger partial charge in [-0.25, -0.2) is 4.99 Å². The predicted molar refractivity (Wildman–Crippen MR) is 64.0 cm³/mol. The Morgan fingerprint density at radius 3 is 2.29 bits per heavy atom. The van der Waals surface area contributed by atoms with Crippen LogP contribution in [0.2, 0.25) is 0 Å². The van der Waals surface area contributed by atoms with Crippen LogP contribution in [0.1, 0.15) is 27.7 Å². The third-order valence-corrected chi connectivity index (χ3v) is 2.49. The summed E-state index contributed by atoms with van der Waals surface area (Å²) in [5, 5.41) is 9.80. The van der Waals surface area contributed by atoms with E-state index in [-0.39, 0.29) is 5.47 Å². The van der Waals surface area contributed by atoms with Crippen LogP contribution in [0.25, 0.3) is 0 Å². The maximum absolute atomic E-state index is 11.8. The molecular formula is C10H18BF2N2O2. The van der Waals surface area contributed by atoms with Crippen LogP contribution in [0.5, 0.6) is 0 Å². The molecule has 0 bridgehead atoms. The highest BCUT2D eigenvalue weighted by Crippen LogP contribution is 2.24. The molecule has 0 atom stereocenters. The second kappa shape index (κ2) is 6.11. The zero-order valence-corrected chi connectivity index (χ0v) is 10.4. The van der Waals surface area contributed by atoms with Crippen molar-refractivity contribution in [2.45, 2.75) is 45.4 Å². The number of aliphatic hydroxyl groups is 1. The minimum atomic E-state index is -2.79. The summed E-state index contributed by atoms with van der Waals surface area (Å²) in [4.78, 5) is 2.88. The van der Waals surface area contributed by atoms with Crippen molar-refractivity contribution in [2.24, 2.45) is 10.7 Å². The Morgan fingerprint density at radius 1 is 1.41 bits per heavy atom. The molecule has 0 rings (SSSR count). The summed E-state index contributed by atoms with van der Waals surface area (Å²) in [6, 6.07) is 0. The second-order valence-corrected chi connectivity index (χ2v) is 4.53. The van der Waals surface area contributed by atoms with Gasteiger partial charge in [-0.05, 0) is 39.4 Å². The van der Waals surface area contributed by atoms with Crippen LogP contribution in [0.4, 0.5) is 8.78 Å². The summed E-state index contributed by atoms with van der Waals surface area (Å²) in [6.45, 7) is 3.71. The molecule has 0 aliphatic carbocycles. The lowest BCUT2D eigenvalue weighted by molar-refractivity contribution is -0.0895. The summed E-state index contributed by atoms with van der Waals surface area (Å²) in [6.07, 6.45) is 2.00. The van der Waals surface area contributed by atoms with Gasteiger partial charge in [-0.3, -0.25) is 0 Å². The minimum absolute atomic E-state index is 0.197. The molecule has 17 heavy (non-hydrogen) atoms. The number of aliphatic imine (C=N–C) groups is 1. The number of hydrogen-bond donors (Lipinski definition) is 2. The summed E-state index contributed by atoms with van der Waals surface area (Å²) < 4.78 is 29.0. The maximum Gasteiger partial charge on any atom is 0.333 e. The van der Waals surface area contributed by atoms with Crippen LogP contribution in [-0.4, -0.2) is 36.6 Å². The molecule has 0 aliphatic rings. The van der Waals surface area contributed by atoms with E-state index in [9.17, 15) is 13.9 Å². The van der Waals surface area contributed by atoms with Crippen molar-refractivity contribution >= 4 is 13.7 Å². The Balaban J connectivity index is 4.45. The van der Waals surface area contributed by atoms with Gasteiger partial charge in [0, 0.05) is 6.21 Å². The Kier molecular flexibility index (Phi) is 5.77. The summed E-state index contributed by atoms with van der Waals surface area (Å²) in [7, 11) is 1.18. The summed E-state index contributed by atoms with van der Waals surface area (Å²) in [5.74, 6) is 0. The first kappa shape index (κ1) is 16.1. The molecule has 0 unspecified atom stereocenters. The zero-order chi connectivity index (χ0) is 13.7. The molecule has 0 amide bonds. The van der Waals surface area contributed by atoms with E-state index < -0.39 is 17.8 Å². The van der Waals surface area contributed by atoms with Crippen LogP contribution < -0.4 is 5.73 Å². The molecule has 1 radical (unpaired) electrons. The van der Waals surface area contributed by atoms with Gasteiger partial charge in [-0.2, -0.15) is 8.78 Å². The number of halogens is 2. The predicted octanol–water partition coefficient (Wildman–Crippen LogP) is 1.27. The second-order valence-electron chi connectivity index (χ2n) is 4.53. The molecule has 0 fully saturated rings. The van der Waals surface area contributed by atoms with Gasteiger partial charge in [0.05, 0.1) is 11.2 Å². The van der Waals surface area contributed by atoms with Crippen molar-refractivity contribution in [1.82, 2.24) is 0 Å². The average Bonchev–Trinajstić information content (AvgIpc) is 2.15. The fourth-order valence-electron chi connectivity index (χ4n) is 0.615. The number of allylic oxidation sites excluding steroid dienone is 1. The fraction of sp³-hybridized carbons (Fsp3) is 0.700. The van der Waals surface area contributed by atoms with Crippen molar-refractivity contribution in [1.29, 1.82) is 0 Å². The lowest BCUT2D eigenvalue weighted by atomic mass is 9.83. The normalized spacial score (nSPS) is 14.7. The summed E-state index contributed by atoms with van der Waals surface area (Å²) in [5.41, 5.74) is 3.44. The van der Waals surface area contributed by atoms with E-state index in [4.69, 9.17) is 10.4 Å². The van der Waals surface area contributed by atoms with Gasteiger partial charge in [0.2, 0.25) is 0 Å². The number of alkyl halides is 2. The van der Waals surface area contributed by atoms with Crippen molar-refractivity contribution in [3.05, 3.63) is 11.7 Å². The van der Waals surface area contributed by atoms with E-state index >= 15 is 0 Å². The highest BCUT2D eigenvalue weighted by molar-refractivity contribution is 6.46. The first-order valence-electron chi connectivity index (χ1n) is 5.07. The minimum Gasteiger partial charge on any atom is -0.427 e. The largest absolute Gasteiger partial charge is 0.427 e. The summed E-state index contributed by atoms with van der Waals surface area (Å²) >= 11 is 0. The fourth-order valence-corrected chi connectivity index (χ4v) is 0.615. The van der Waals surface area contributed by atoms with Gasteiger partial charge in [0.15, 0.2) is 0 Å². The standard InChI is InChI=1S/C10H18BF2N2O2/c1-9(2,16)10(3,4)17-11-7(5-14)6-15-8(12)13/h5-6,8,16H,14H2,1-4H3/b7-5+,15-6+. The number of nitrogens with zero attached hydrogens (tertiary/aromatic N) is 1. The van der Waals surface area contributed by atoms with Crippen molar-refractivity contribution in [3.8, 4) is 0 Å². The first-order valence-corrected chi connectivity index (χ1v) is 5.07. The van der Waals surface area contributed by atoms with Crippen molar-refractivity contribution in [2.75, 3.05) is 0 Å². The van der Waals surface area contributed by atoms with Crippen molar-refractivity contribution in [3.63, 3.8) is 0 Å². The molecular weight excluding hydrogens is 229 g/mol. The molecule has 0 spiro atoms. The van der Waals surface area contributed by atoms with E-state index in [1.54, 1.807) is 27.7 Å². The van der Waals surface area contributed by atoms with Gasteiger partial charge in [-0.15, -0.1) is 0 Å². The van der Waals surface area contributed by atoms with E-state index in [2.05, 4.69) is 4.99 Å². The maximum atomic E-state index is 11.8. The van der Waals surface area contributed by atoms with Crippen LogP contribution in [-0.2, 0) is 4.65 Å². The number of hydrogen-bond acceptors (Lipinski definition) is 4. The topological polar surface area (TPSA) is 67.8 Å². The lowest BCUT2D eigenvalue weighted by Crippen LogP contribution is -2.48. The lowest BCUT2D eigenvalue weighted by Gasteiger charge is -2.37. The van der Waals surface area contributed by atoms with Gasteiger partial charge in [0.1, 0.15) is 0 Å². The monoisotopic (exact) mass is 247 g/mol.